The molecule has 0 aliphatic carbocycles. The van der Waals surface area contributed by atoms with Crippen molar-refractivity contribution in [3.05, 3.63) is 74.5 Å². The van der Waals surface area contributed by atoms with Crippen LogP contribution in [0.1, 0.15) is 5.56 Å². The summed E-state index contributed by atoms with van der Waals surface area (Å²) in [4.78, 5) is 11.8. The Morgan fingerprint density at radius 3 is 2.81 bits per heavy atom. The van der Waals surface area contributed by atoms with Crippen molar-refractivity contribution >= 4 is 46.3 Å². The van der Waals surface area contributed by atoms with Crippen molar-refractivity contribution in [2.75, 3.05) is 0 Å². The number of thioether (sulfide) groups is 1. The molecular formula is C18H12N2O3S3. The lowest BCUT2D eigenvalue weighted by Crippen LogP contribution is -2.00. The highest BCUT2D eigenvalue weighted by atomic mass is 32.2. The first-order chi connectivity index (χ1) is 12.6. The van der Waals surface area contributed by atoms with Crippen LogP contribution in [0.25, 0.3) is 16.7 Å². The van der Waals surface area contributed by atoms with Gasteiger partial charge in [0.05, 0.1) is 5.69 Å². The van der Waals surface area contributed by atoms with Gasteiger partial charge in [0.15, 0.2) is 8.29 Å². The molecule has 0 radical (unpaired) electrons. The second kappa shape index (κ2) is 7.06. The van der Waals surface area contributed by atoms with Crippen LogP contribution in [-0.2, 0) is 5.75 Å². The van der Waals surface area contributed by atoms with E-state index in [1.165, 1.54) is 35.2 Å². The van der Waals surface area contributed by atoms with E-state index < -0.39 is 5.63 Å². The Hall–Kier alpha value is -2.42. The van der Waals surface area contributed by atoms with Gasteiger partial charge in [0, 0.05) is 23.3 Å². The maximum Gasteiger partial charge on any atom is 0.336 e. The number of benzene rings is 2. The molecule has 130 valence electrons. The van der Waals surface area contributed by atoms with E-state index >= 15 is 0 Å². The van der Waals surface area contributed by atoms with E-state index in [4.69, 9.17) is 16.6 Å². The van der Waals surface area contributed by atoms with Gasteiger partial charge < -0.3 is 9.52 Å². The summed E-state index contributed by atoms with van der Waals surface area (Å²) in [6, 6.07) is 16.0. The van der Waals surface area contributed by atoms with Gasteiger partial charge in [0.1, 0.15) is 11.3 Å². The molecule has 2 aromatic heterocycles. The quantitative estimate of drug-likeness (QED) is 0.302. The van der Waals surface area contributed by atoms with Gasteiger partial charge in [-0.3, -0.25) is 0 Å². The average molecular weight is 401 g/mol. The molecule has 0 aliphatic heterocycles. The molecule has 4 rings (SSSR count). The minimum atomic E-state index is -0.443. The molecule has 0 aliphatic rings. The van der Waals surface area contributed by atoms with Crippen LogP contribution in [0.2, 0.25) is 0 Å². The van der Waals surface area contributed by atoms with Crippen LogP contribution < -0.4 is 5.63 Å². The Morgan fingerprint density at radius 2 is 2.00 bits per heavy atom. The third kappa shape index (κ3) is 3.44. The van der Waals surface area contributed by atoms with Crippen LogP contribution in [-0.4, -0.2) is 14.9 Å². The molecule has 26 heavy (non-hydrogen) atoms. The van der Waals surface area contributed by atoms with E-state index in [0.29, 0.717) is 15.3 Å². The number of aromatic nitrogens is 2. The predicted octanol–water partition coefficient (Wildman–Crippen LogP) is 4.77. The molecule has 1 N–H and O–H groups in total. The molecule has 0 saturated heterocycles. The van der Waals surface area contributed by atoms with Gasteiger partial charge in [0.25, 0.3) is 0 Å². The molecule has 0 bridgehead atoms. The zero-order chi connectivity index (χ0) is 18.1. The maximum absolute atomic E-state index is 11.8. The molecule has 0 spiro atoms. The molecule has 4 aromatic rings. The molecule has 5 nitrogen and oxygen atoms in total. The number of nitrogens with zero attached hydrogens (tertiary/aromatic N) is 2. The van der Waals surface area contributed by atoms with Crippen LogP contribution in [0.15, 0.2) is 68.1 Å². The van der Waals surface area contributed by atoms with Gasteiger partial charge in [-0.05, 0) is 42.0 Å². The lowest BCUT2D eigenvalue weighted by Gasteiger charge is -2.04. The van der Waals surface area contributed by atoms with Crippen molar-refractivity contribution in [2.45, 2.75) is 10.1 Å². The number of hydrogen-bond acceptors (Lipinski definition) is 7. The number of fused-ring (bicyclic) bond motifs is 1. The van der Waals surface area contributed by atoms with E-state index in [1.54, 1.807) is 16.8 Å². The molecule has 0 atom stereocenters. The summed E-state index contributed by atoms with van der Waals surface area (Å²) in [7, 11) is 0. The number of rotatable bonds is 4. The Kier molecular flexibility index (Phi) is 4.62. The Labute approximate surface area is 161 Å². The van der Waals surface area contributed by atoms with E-state index in [-0.39, 0.29) is 5.75 Å². The second-order valence-electron chi connectivity index (χ2n) is 5.44. The maximum atomic E-state index is 11.8. The molecule has 8 heteroatoms. The number of phenols is 1. The molecule has 0 unspecified atom stereocenters. The monoisotopic (exact) mass is 400 g/mol. The normalized spacial score (nSPS) is 11.1. The highest BCUT2D eigenvalue weighted by Crippen LogP contribution is 2.30. The predicted molar refractivity (Wildman–Crippen MR) is 106 cm³/mol. The fraction of sp³-hybridized carbons (Fsp3) is 0.0556. The Morgan fingerprint density at radius 1 is 1.19 bits per heavy atom. The highest BCUT2D eigenvalue weighted by Gasteiger charge is 2.10. The van der Waals surface area contributed by atoms with E-state index in [9.17, 15) is 9.90 Å². The summed E-state index contributed by atoms with van der Waals surface area (Å²) in [5.74, 6) is 0.606. The van der Waals surface area contributed by atoms with Gasteiger partial charge in [-0.25, -0.2) is 9.48 Å². The van der Waals surface area contributed by atoms with E-state index in [1.807, 2.05) is 30.3 Å². The lowest BCUT2D eigenvalue weighted by molar-refractivity contribution is 0.473. The van der Waals surface area contributed by atoms with Crippen LogP contribution in [0.4, 0.5) is 0 Å². The summed E-state index contributed by atoms with van der Waals surface area (Å²) in [6.45, 7) is 0. The molecule has 0 saturated carbocycles. The zero-order valence-electron chi connectivity index (χ0n) is 13.3. The summed E-state index contributed by atoms with van der Waals surface area (Å²) >= 11 is 8.35. The van der Waals surface area contributed by atoms with E-state index in [2.05, 4.69) is 5.10 Å². The minimum Gasteiger partial charge on any atom is -0.508 e. The van der Waals surface area contributed by atoms with Crippen molar-refractivity contribution in [1.82, 2.24) is 9.78 Å². The van der Waals surface area contributed by atoms with Crippen LogP contribution in [0.5, 0.6) is 5.75 Å². The van der Waals surface area contributed by atoms with Crippen molar-refractivity contribution in [1.29, 1.82) is 0 Å². The van der Waals surface area contributed by atoms with Crippen LogP contribution >= 0.6 is 35.3 Å². The highest BCUT2D eigenvalue weighted by molar-refractivity contribution is 8.00. The van der Waals surface area contributed by atoms with Crippen molar-refractivity contribution in [3.63, 3.8) is 0 Å². The number of aromatic hydroxyl groups is 1. The summed E-state index contributed by atoms with van der Waals surface area (Å²) in [6.07, 6.45) is 0. The first-order valence-electron chi connectivity index (χ1n) is 7.64. The average Bonchev–Trinajstić information content (AvgIpc) is 3.00. The molecule has 0 fully saturated rings. The topological polar surface area (TPSA) is 68.3 Å². The van der Waals surface area contributed by atoms with Gasteiger partial charge in [-0.15, -0.1) is 5.10 Å². The lowest BCUT2D eigenvalue weighted by atomic mass is 10.1. The fourth-order valence-electron chi connectivity index (χ4n) is 2.53. The zero-order valence-corrected chi connectivity index (χ0v) is 15.7. The van der Waals surface area contributed by atoms with Gasteiger partial charge in [-0.2, -0.15) is 0 Å². The summed E-state index contributed by atoms with van der Waals surface area (Å²) in [5.41, 5.74) is 1.67. The molecule has 0 amide bonds. The Balaban J connectivity index is 1.63. The molecule has 2 aromatic carbocycles. The largest absolute Gasteiger partial charge is 0.508 e. The van der Waals surface area contributed by atoms with E-state index in [0.717, 1.165) is 21.0 Å². The van der Waals surface area contributed by atoms with Crippen LogP contribution in [0.3, 0.4) is 0 Å². The smallest absolute Gasteiger partial charge is 0.336 e. The van der Waals surface area contributed by atoms with Gasteiger partial charge >= 0.3 is 5.63 Å². The molecular weight excluding hydrogens is 388 g/mol. The third-order valence-electron chi connectivity index (χ3n) is 3.69. The third-order valence-corrected chi connectivity index (χ3v) is 6.11. The van der Waals surface area contributed by atoms with Crippen molar-refractivity contribution in [2.24, 2.45) is 0 Å². The summed E-state index contributed by atoms with van der Waals surface area (Å²) in [5, 5.41) is 14.9. The van der Waals surface area contributed by atoms with Gasteiger partial charge in [-0.1, -0.05) is 41.3 Å². The standard InChI is InChI=1S/C18H12N2O3S3/c21-13-6-7-14-11(8-16(22)23-15(14)9-13)10-25-17-19-20(18(24)26-17)12-4-2-1-3-5-12/h1-9,21H,10H2. The molecule has 2 heterocycles. The number of hydrogen-bond donors (Lipinski definition) is 1. The van der Waals surface area contributed by atoms with Gasteiger partial charge in [0.2, 0.25) is 0 Å². The van der Waals surface area contributed by atoms with Crippen LogP contribution in [0, 0.1) is 3.95 Å². The second-order valence-corrected chi connectivity index (χ2v) is 8.29. The van der Waals surface area contributed by atoms with Crippen molar-refractivity contribution in [3.8, 4) is 11.4 Å². The number of para-hydroxylation sites is 1. The minimum absolute atomic E-state index is 0.0602. The SMILES string of the molecule is O=c1cc(CSc2nn(-c3ccccc3)c(=S)s2)c2ccc(O)cc2o1. The first-order valence-corrected chi connectivity index (χ1v) is 9.85. The number of phenolic OH excluding ortho intramolecular Hbond substituents is 1. The van der Waals surface area contributed by atoms with Crippen molar-refractivity contribution < 1.29 is 9.52 Å². The fourth-order valence-corrected chi connectivity index (χ4v) is 4.88. The Bertz CT molecular complexity index is 1200. The first kappa shape index (κ1) is 17.0. The summed E-state index contributed by atoms with van der Waals surface area (Å²) < 4.78 is 8.38.